The van der Waals surface area contributed by atoms with Gasteiger partial charge in [0.2, 0.25) is 5.91 Å². The molecule has 0 aliphatic heterocycles. The largest absolute Gasteiger partial charge is 0.430 e. The number of hydrogen-bond donors (Lipinski definition) is 2. The van der Waals surface area contributed by atoms with Crippen LogP contribution in [0, 0.1) is 5.92 Å². The molecule has 118 valence electrons. The highest BCUT2D eigenvalue weighted by atomic mass is 79.9. The molecule has 1 aliphatic carbocycles. The first-order valence-corrected chi connectivity index (χ1v) is 7.79. The summed E-state index contributed by atoms with van der Waals surface area (Å²) in [6.45, 7) is 0. The third-order valence-electron chi connectivity index (χ3n) is 3.69. The van der Waals surface area contributed by atoms with Crippen molar-refractivity contribution in [3.63, 3.8) is 0 Å². The normalized spacial score (nSPS) is 19.0. The fourth-order valence-corrected chi connectivity index (χ4v) is 2.70. The van der Waals surface area contributed by atoms with Crippen LogP contribution in [0.2, 0.25) is 0 Å². The number of carbonyl (C=O) groups excluding carboxylic acids is 2. The van der Waals surface area contributed by atoms with E-state index in [0.717, 1.165) is 18.2 Å². The Morgan fingerprint density at radius 1 is 1.17 bits per heavy atom. The van der Waals surface area contributed by atoms with Gasteiger partial charge in [0.1, 0.15) is 10.7 Å². The Morgan fingerprint density at radius 3 is 2.61 bits per heavy atom. The van der Waals surface area contributed by atoms with Crippen molar-refractivity contribution < 1.29 is 14.0 Å². The van der Waals surface area contributed by atoms with E-state index in [9.17, 15) is 14.4 Å². The number of carbonyl (C=O) groups is 2. The highest BCUT2D eigenvalue weighted by molar-refractivity contribution is 9.10. The molecule has 23 heavy (non-hydrogen) atoms. The predicted octanol–water partition coefficient (Wildman–Crippen LogP) is 1.97. The van der Waals surface area contributed by atoms with Crippen LogP contribution >= 0.6 is 15.9 Å². The summed E-state index contributed by atoms with van der Waals surface area (Å²) < 4.78 is 4.82. The number of benzene rings is 1. The van der Waals surface area contributed by atoms with Crippen LogP contribution in [0.3, 0.4) is 0 Å². The van der Waals surface area contributed by atoms with Crippen LogP contribution in [0.4, 0.5) is 0 Å². The molecular weight excluding hydrogens is 364 g/mol. The van der Waals surface area contributed by atoms with Gasteiger partial charge < -0.3 is 4.42 Å². The SMILES string of the molecule is O=C(NNC(=O)[C@@H]1C[C@H]1c1ccccc1)c1coc(=O)c(Br)c1. The van der Waals surface area contributed by atoms with E-state index < -0.39 is 11.5 Å². The van der Waals surface area contributed by atoms with E-state index in [1.54, 1.807) is 0 Å². The molecule has 0 radical (unpaired) electrons. The number of nitrogens with one attached hydrogen (secondary N) is 2. The quantitative estimate of drug-likeness (QED) is 0.801. The molecule has 1 aromatic heterocycles. The van der Waals surface area contributed by atoms with Crippen molar-refractivity contribution >= 4 is 27.7 Å². The van der Waals surface area contributed by atoms with Crippen LogP contribution < -0.4 is 16.5 Å². The number of amides is 2. The van der Waals surface area contributed by atoms with Crippen molar-refractivity contribution in [2.24, 2.45) is 5.92 Å². The van der Waals surface area contributed by atoms with E-state index in [4.69, 9.17) is 0 Å². The van der Waals surface area contributed by atoms with Crippen LogP contribution in [0.25, 0.3) is 0 Å². The third kappa shape index (κ3) is 3.50. The van der Waals surface area contributed by atoms with Gasteiger partial charge in [-0.25, -0.2) is 4.79 Å². The van der Waals surface area contributed by atoms with Crippen LogP contribution in [0.1, 0.15) is 28.3 Å². The minimum Gasteiger partial charge on any atom is -0.430 e. The molecule has 2 atom stereocenters. The Labute approximate surface area is 140 Å². The van der Waals surface area contributed by atoms with Gasteiger partial charge in [-0.05, 0) is 39.9 Å². The zero-order chi connectivity index (χ0) is 16.4. The Hall–Kier alpha value is -2.41. The van der Waals surface area contributed by atoms with E-state index in [0.29, 0.717) is 0 Å². The zero-order valence-corrected chi connectivity index (χ0v) is 13.5. The van der Waals surface area contributed by atoms with E-state index in [1.807, 2.05) is 30.3 Å². The van der Waals surface area contributed by atoms with Crippen molar-refractivity contribution in [3.05, 3.63) is 68.7 Å². The second-order valence-electron chi connectivity index (χ2n) is 5.27. The average Bonchev–Trinajstić information content (AvgIpc) is 3.36. The first-order valence-electron chi connectivity index (χ1n) is 7.00. The Kier molecular flexibility index (Phi) is 4.29. The lowest BCUT2D eigenvalue weighted by Crippen LogP contribution is -2.42. The topological polar surface area (TPSA) is 88.4 Å². The molecular formula is C16H13BrN2O4. The van der Waals surface area contributed by atoms with Crippen LogP contribution in [0.15, 0.2) is 56.3 Å². The molecule has 1 aliphatic rings. The molecule has 7 heteroatoms. The van der Waals surface area contributed by atoms with Gasteiger partial charge >= 0.3 is 5.63 Å². The highest BCUT2D eigenvalue weighted by Crippen LogP contribution is 2.47. The van der Waals surface area contributed by atoms with Gasteiger partial charge in [-0.15, -0.1) is 0 Å². The number of rotatable bonds is 3. The summed E-state index contributed by atoms with van der Waals surface area (Å²) in [5.41, 5.74) is 5.40. The number of hydrogen-bond acceptors (Lipinski definition) is 4. The van der Waals surface area contributed by atoms with Crippen LogP contribution in [-0.4, -0.2) is 11.8 Å². The molecule has 0 bridgehead atoms. The molecule has 1 saturated carbocycles. The number of hydrazine groups is 1. The lowest BCUT2D eigenvalue weighted by molar-refractivity contribution is -0.123. The monoisotopic (exact) mass is 376 g/mol. The minimum absolute atomic E-state index is 0.132. The fourth-order valence-electron chi connectivity index (χ4n) is 2.36. The summed E-state index contributed by atoms with van der Waals surface area (Å²) in [5, 5.41) is 0. The lowest BCUT2D eigenvalue weighted by atomic mass is 10.1. The third-order valence-corrected chi connectivity index (χ3v) is 4.24. The van der Waals surface area contributed by atoms with Crippen LogP contribution in [0.5, 0.6) is 0 Å². The standard InChI is InChI=1S/C16H13BrN2O4/c17-13-6-10(8-23-16(13)22)14(20)18-19-15(21)12-7-11(12)9-4-2-1-3-5-9/h1-6,8,11-12H,7H2,(H,18,20)(H,19,21)/t11-,12+/m0/s1. The zero-order valence-electron chi connectivity index (χ0n) is 11.9. The maximum absolute atomic E-state index is 12.0. The first-order chi connectivity index (χ1) is 11.1. The molecule has 6 nitrogen and oxygen atoms in total. The number of halogens is 1. The molecule has 0 unspecified atom stereocenters. The van der Waals surface area contributed by atoms with Gasteiger partial charge in [-0.2, -0.15) is 0 Å². The second kappa shape index (κ2) is 6.37. The lowest BCUT2D eigenvalue weighted by Gasteiger charge is -2.07. The summed E-state index contributed by atoms with van der Waals surface area (Å²) in [7, 11) is 0. The molecule has 3 rings (SSSR count). The summed E-state index contributed by atoms with van der Waals surface area (Å²) in [5.74, 6) is -0.738. The van der Waals surface area contributed by atoms with Gasteiger partial charge in [-0.3, -0.25) is 20.4 Å². The predicted molar refractivity (Wildman–Crippen MR) is 85.6 cm³/mol. The molecule has 1 aromatic carbocycles. The van der Waals surface area contributed by atoms with Gasteiger partial charge in [-0.1, -0.05) is 30.3 Å². The summed E-state index contributed by atoms with van der Waals surface area (Å²) in [6, 6.07) is 11.1. The van der Waals surface area contributed by atoms with Gasteiger partial charge in [0, 0.05) is 5.92 Å². The summed E-state index contributed by atoms with van der Waals surface area (Å²) in [6.07, 6.45) is 1.80. The van der Waals surface area contributed by atoms with Crippen molar-refractivity contribution in [3.8, 4) is 0 Å². The Bertz CT molecular complexity index is 803. The smallest absolute Gasteiger partial charge is 0.350 e. The molecule has 0 saturated heterocycles. The molecule has 2 amide bonds. The molecule has 0 spiro atoms. The van der Waals surface area contributed by atoms with Crippen LogP contribution in [-0.2, 0) is 4.79 Å². The Morgan fingerprint density at radius 2 is 1.91 bits per heavy atom. The average molecular weight is 377 g/mol. The van der Waals surface area contributed by atoms with E-state index >= 15 is 0 Å². The molecule has 1 heterocycles. The second-order valence-corrected chi connectivity index (χ2v) is 6.13. The maximum Gasteiger partial charge on any atom is 0.350 e. The van der Waals surface area contributed by atoms with E-state index in [1.165, 1.54) is 6.07 Å². The van der Waals surface area contributed by atoms with Gasteiger partial charge in [0.25, 0.3) is 5.91 Å². The molecule has 1 fully saturated rings. The van der Waals surface area contributed by atoms with E-state index in [-0.39, 0.29) is 27.8 Å². The van der Waals surface area contributed by atoms with Gasteiger partial charge in [0.15, 0.2) is 0 Å². The molecule has 2 aromatic rings. The van der Waals surface area contributed by atoms with Crippen molar-refractivity contribution in [2.75, 3.05) is 0 Å². The van der Waals surface area contributed by atoms with Gasteiger partial charge in [0.05, 0.1) is 5.56 Å². The minimum atomic E-state index is -0.575. The highest BCUT2D eigenvalue weighted by Gasteiger charge is 2.43. The van der Waals surface area contributed by atoms with Crippen molar-refractivity contribution in [1.82, 2.24) is 10.9 Å². The molecule has 2 N–H and O–H groups in total. The van der Waals surface area contributed by atoms with Crippen molar-refractivity contribution in [2.45, 2.75) is 12.3 Å². The van der Waals surface area contributed by atoms with Crippen molar-refractivity contribution in [1.29, 1.82) is 0 Å². The maximum atomic E-state index is 12.0. The summed E-state index contributed by atoms with van der Waals surface area (Å²) >= 11 is 2.99. The Balaban J connectivity index is 1.54. The summed E-state index contributed by atoms with van der Waals surface area (Å²) in [4.78, 5) is 35.0. The fraction of sp³-hybridized carbons (Fsp3) is 0.188. The first kappa shape index (κ1) is 15.5. The van der Waals surface area contributed by atoms with E-state index in [2.05, 4.69) is 31.2 Å².